The van der Waals surface area contributed by atoms with Crippen LogP contribution >= 0.6 is 0 Å². The molecular weight excluding hydrogens is 347 g/mol. The molecule has 0 radical (unpaired) electrons. The fourth-order valence-electron chi connectivity index (χ4n) is 4.94. The molecule has 1 amide bonds. The van der Waals surface area contributed by atoms with Gasteiger partial charge in [-0.05, 0) is 42.7 Å². The van der Waals surface area contributed by atoms with Crippen LogP contribution in [0.1, 0.15) is 30.7 Å². The van der Waals surface area contributed by atoms with Gasteiger partial charge in [0.1, 0.15) is 6.54 Å². The maximum Gasteiger partial charge on any atom is 0.406 e. The van der Waals surface area contributed by atoms with Crippen molar-refractivity contribution in [1.29, 1.82) is 0 Å². The normalized spacial score (nSPS) is 34.5. The van der Waals surface area contributed by atoms with E-state index in [4.69, 9.17) is 5.73 Å². The van der Waals surface area contributed by atoms with E-state index in [1.54, 1.807) is 12.4 Å². The number of piperidine rings is 1. The molecular formula is C17H22F3N5O. The number of hydrogen-bond donors (Lipinski definition) is 3. The molecule has 5 unspecified atom stereocenters. The molecule has 3 heterocycles. The fourth-order valence-corrected chi connectivity index (χ4v) is 4.94. The average Bonchev–Trinajstić information content (AvgIpc) is 3.08. The molecule has 0 spiro atoms. The maximum atomic E-state index is 13.1. The van der Waals surface area contributed by atoms with Crippen LogP contribution in [0.15, 0.2) is 18.5 Å². The SMILES string of the molecule is Nc1cnccc1C1CCC2C3NNCC3C(=O)N(CC(F)(F)F)C2C1. The van der Waals surface area contributed by atoms with E-state index in [2.05, 4.69) is 15.8 Å². The fraction of sp³-hybridized carbons (Fsp3) is 0.647. The molecule has 9 heteroatoms. The Balaban J connectivity index is 1.64. The molecule has 1 aromatic heterocycles. The van der Waals surface area contributed by atoms with Crippen LogP contribution in [-0.4, -0.2) is 47.1 Å². The molecule has 4 rings (SSSR count). The van der Waals surface area contributed by atoms with Gasteiger partial charge in [0.15, 0.2) is 0 Å². The van der Waals surface area contributed by atoms with Gasteiger partial charge in [-0.15, -0.1) is 0 Å². The molecule has 2 saturated heterocycles. The molecule has 3 aliphatic rings. The number of aromatic nitrogens is 1. The van der Waals surface area contributed by atoms with Gasteiger partial charge >= 0.3 is 6.18 Å². The number of nitrogens with two attached hydrogens (primary N) is 1. The number of fused-ring (bicyclic) bond motifs is 3. The predicted octanol–water partition coefficient (Wildman–Crippen LogP) is 1.41. The monoisotopic (exact) mass is 369 g/mol. The Labute approximate surface area is 149 Å². The smallest absolute Gasteiger partial charge is 0.397 e. The second-order valence-electron chi connectivity index (χ2n) is 7.48. The molecule has 2 aliphatic heterocycles. The number of hydrogen-bond acceptors (Lipinski definition) is 5. The average molecular weight is 369 g/mol. The van der Waals surface area contributed by atoms with Crippen LogP contribution in [0.5, 0.6) is 0 Å². The number of carbonyl (C=O) groups is 1. The Morgan fingerprint density at radius 2 is 2.15 bits per heavy atom. The van der Waals surface area contributed by atoms with Crippen molar-refractivity contribution in [3.05, 3.63) is 24.0 Å². The van der Waals surface area contributed by atoms with Gasteiger partial charge in [-0.3, -0.25) is 20.6 Å². The number of nitrogen functional groups attached to an aromatic ring is 1. The van der Waals surface area contributed by atoms with Crippen LogP contribution in [0.4, 0.5) is 18.9 Å². The van der Waals surface area contributed by atoms with E-state index in [0.29, 0.717) is 18.7 Å². The van der Waals surface area contributed by atoms with Crippen LogP contribution in [0.2, 0.25) is 0 Å². The molecule has 142 valence electrons. The summed E-state index contributed by atoms with van der Waals surface area (Å²) in [5.41, 5.74) is 13.6. The summed E-state index contributed by atoms with van der Waals surface area (Å²) >= 11 is 0. The van der Waals surface area contributed by atoms with Crippen LogP contribution in [0.25, 0.3) is 0 Å². The number of anilines is 1. The molecule has 26 heavy (non-hydrogen) atoms. The minimum absolute atomic E-state index is 0.00867. The van der Waals surface area contributed by atoms with Crippen molar-refractivity contribution >= 4 is 11.6 Å². The summed E-state index contributed by atoms with van der Waals surface area (Å²) in [6.07, 6.45) is 0.902. The van der Waals surface area contributed by atoms with Gasteiger partial charge < -0.3 is 10.6 Å². The molecule has 5 atom stereocenters. The first-order valence-electron chi connectivity index (χ1n) is 8.90. The van der Waals surface area contributed by atoms with Crippen LogP contribution in [0.3, 0.4) is 0 Å². The molecule has 6 nitrogen and oxygen atoms in total. The molecule has 0 aromatic carbocycles. The quantitative estimate of drug-likeness (QED) is 0.734. The highest BCUT2D eigenvalue weighted by Crippen LogP contribution is 2.46. The van der Waals surface area contributed by atoms with E-state index >= 15 is 0 Å². The summed E-state index contributed by atoms with van der Waals surface area (Å²) in [7, 11) is 0. The number of amides is 1. The third-order valence-corrected chi connectivity index (χ3v) is 6.03. The summed E-state index contributed by atoms with van der Waals surface area (Å²) in [5.74, 6) is -0.793. The van der Waals surface area contributed by atoms with E-state index < -0.39 is 30.6 Å². The second-order valence-corrected chi connectivity index (χ2v) is 7.48. The van der Waals surface area contributed by atoms with Crippen molar-refractivity contribution in [2.75, 3.05) is 18.8 Å². The number of pyridine rings is 1. The van der Waals surface area contributed by atoms with E-state index in [1.165, 1.54) is 0 Å². The number of alkyl halides is 3. The molecule has 0 bridgehead atoms. The van der Waals surface area contributed by atoms with E-state index in [-0.39, 0.29) is 17.9 Å². The summed E-state index contributed by atoms with van der Waals surface area (Å²) in [4.78, 5) is 17.8. The van der Waals surface area contributed by atoms with Crippen molar-refractivity contribution in [3.8, 4) is 0 Å². The van der Waals surface area contributed by atoms with Crippen molar-refractivity contribution in [3.63, 3.8) is 0 Å². The highest BCUT2D eigenvalue weighted by molar-refractivity contribution is 5.82. The van der Waals surface area contributed by atoms with Gasteiger partial charge in [0.25, 0.3) is 0 Å². The predicted molar refractivity (Wildman–Crippen MR) is 88.7 cm³/mol. The first kappa shape index (κ1) is 17.5. The van der Waals surface area contributed by atoms with Gasteiger partial charge in [0.05, 0.1) is 17.8 Å². The van der Waals surface area contributed by atoms with Gasteiger partial charge in [-0.25, -0.2) is 0 Å². The topological polar surface area (TPSA) is 83.3 Å². The van der Waals surface area contributed by atoms with Crippen LogP contribution < -0.4 is 16.6 Å². The zero-order valence-electron chi connectivity index (χ0n) is 14.2. The lowest BCUT2D eigenvalue weighted by atomic mass is 9.67. The van der Waals surface area contributed by atoms with Crippen molar-refractivity contribution in [2.45, 2.75) is 43.4 Å². The minimum atomic E-state index is -4.41. The Hall–Kier alpha value is -1.87. The largest absolute Gasteiger partial charge is 0.406 e. The van der Waals surface area contributed by atoms with E-state index in [9.17, 15) is 18.0 Å². The third-order valence-electron chi connectivity index (χ3n) is 6.03. The Morgan fingerprint density at radius 3 is 2.88 bits per heavy atom. The van der Waals surface area contributed by atoms with Gasteiger partial charge in [0.2, 0.25) is 5.91 Å². The summed E-state index contributed by atoms with van der Waals surface area (Å²) in [6, 6.07) is 1.29. The van der Waals surface area contributed by atoms with Crippen molar-refractivity contribution in [2.24, 2.45) is 11.8 Å². The number of likely N-dealkylation sites (tertiary alicyclic amines) is 1. The molecule has 3 fully saturated rings. The zero-order valence-corrected chi connectivity index (χ0v) is 14.2. The summed E-state index contributed by atoms with van der Waals surface area (Å²) in [5, 5.41) is 0. The van der Waals surface area contributed by atoms with E-state index in [0.717, 1.165) is 23.3 Å². The Kier molecular flexibility index (Phi) is 4.31. The Bertz CT molecular complexity index is 697. The van der Waals surface area contributed by atoms with Crippen molar-refractivity contribution in [1.82, 2.24) is 20.7 Å². The number of carbonyl (C=O) groups excluding carboxylic acids is 1. The van der Waals surface area contributed by atoms with E-state index in [1.807, 2.05) is 6.07 Å². The summed E-state index contributed by atoms with van der Waals surface area (Å²) in [6.45, 7) is -0.809. The lowest BCUT2D eigenvalue weighted by molar-refractivity contribution is -0.178. The van der Waals surface area contributed by atoms with Gasteiger partial charge in [-0.2, -0.15) is 13.2 Å². The first-order chi connectivity index (χ1) is 12.3. The lowest BCUT2D eigenvalue weighted by Gasteiger charge is -2.50. The highest BCUT2D eigenvalue weighted by atomic mass is 19.4. The maximum absolute atomic E-state index is 13.1. The third kappa shape index (κ3) is 3.03. The van der Waals surface area contributed by atoms with Gasteiger partial charge in [-0.1, -0.05) is 0 Å². The van der Waals surface area contributed by atoms with Crippen LogP contribution in [0, 0.1) is 11.8 Å². The zero-order chi connectivity index (χ0) is 18.5. The second kappa shape index (κ2) is 6.38. The molecule has 1 saturated carbocycles. The number of rotatable bonds is 2. The standard InChI is InChI=1S/C17H22F3N5O/c18-17(19,20)8-25-14-5-9(10-3-4-22-7-13(10)21)1-2-11(14)15-12(16(25)26)6-23-24-15/h3-4,7,9,11-12,14-15,23-24H,1-2,5-6,8,21H2. The summed E-state index contributed by atoms with van der Waals surface area (Å²) < 4.78 is 39.4. The number of hydrazine groups is 1. The highest BCUT2D eigenvalue weighted by Gasteiger charge is 2.54. The number of nitrogens with zero attached hydrogens (tertiary/aromatic N) is 2. The number of halogens is 3. The van der Waals surface area contributed by atoms with Crippen molar-refractivity contribution < 1.29 is 18.0 Å². The molecule has 1 aliphatic carbocycles. The molecule has 4 N–H and O–H groups in total. The van der Waals surface area contributed by atoms with Crippen LogP contribution in [-0.2, 0) is 4.79 Å². The minimum Gasteiger partial charge on any atom is -0.397 e. The Morgan fingerprint density at radius 1 is 1.35 bits per heavy atom. The van der Waals surface area contributed by atoms with Gasteiger partial charge in [0, 0.05) is 24.8 Å². The first-order valence-corrected chi connectivity index (χ1v) is 8.90. The lowest BCUT2D eigenvalue weighted by Crippen LogP contribution is -2.63. The molecule has 1 aromatic rings. The number of nitrogens with one attached hydrogen (secondary N) is 2.